The van der Waals surface area contributed by atoms with Gasteiger partial charge in [0.2, 0.25) is 15.8 Å². The van der Waals surface area contributed by atoms with E-state index >= 15 is 0 Å². The Labute approximate surface area is 167 Å². The highest BCUT2D eigenvalue weighted by Gasteiger charge is 2.27. The molecule has 10 heteroatoms. The van der Waals surface area contributed by atoms with E-state index < -0.39 is 28.6 Å². The Morgan fingerprint density at radius 2 is 1.93 bits per heavy atom. The van der Waals surface area contributed by atoms with Crippen LogP contribution in [0.5, 0.6) is 0 Å². The summed E-state index contributed by atoms with van der Waals surface area (Å²) < 4.78 is 36.8. The lowest BCUT2D eigenvalue weighted by Crippen LogP contribution is -2.34. The Balaban J connectivity index is 1.67. The standard InChI is InChI=1S/C19H21N3O6S/c1-10-17(14-7-5-6-8-15(14)21-10)18(24)12(3)27-16(23)9-20-29(25,26)19-11(2)22-28-13(19)4/h5-8,12,20-21H,9H2,1-4H3/t12-/m0/s1. The minimum Gasteiger partial charge on any atom is -0.453 e. The first-order chi connectivity index (χ1) is 13.6. The van der Waals surface area contributed by atoms with Crippen LogP contribution in [0.2, 0.25) is 0 Å². The molecule has 1 aromatic carbocycles. The van der Waals surface area contributed by atoms with Crippen LogP contribution in [-0.4, -0.2) is 43.0 Å². The molecule has 1 atom stereocenters. The van der Waals surface area contributed by atoms with Crippen LogP contribution < -0.4 is 4.72 Å². The Morgan fingerprint density at radius 3 is 2.59 bits per heavy atom. The SMILES string of the molecule is Cc1noc(C)c1S(=O)(=O)NCC(=O)O[C@@H](C)C(=O)c1c(C)[nH]c2ccccc12. The van der Waals surface area contributed by atoms with Crippen molar-refractivity contribution >= 4 is 32.7 Å². The molecule has 9 nitrogen and oxygen atoms in total. The monoisotopic (exact) mass is 419 g/mol. The van der Waals surface area contributed by atoms with E-state index in [4.69, 9.17) is 9.26 Å². The number of fused-ring (bicyclic) bond motifs is 1. The number of hydrogen-bond acceptors (Lipinski definition) is 7. The van der Waals surface area contributed by atoms with Gasteiger partial charge in [-0.25, -0.2) is 8.42 Å². The number of aromatic amines is 1. The number of rotatable bonds is 7. The molecule has 3 aromatic rings. The van der Waals surface area contributed by atoms with E-state index in [0.29, 0.717) is 11.3 Å². The fourth-order valence-corrected chi connectivity index (χ4v) is 4.47. The Hall–Kier alpha value is -2.98. The molecule has 3 rings (SSSR count). The number of benzene rings is 1. The number of ketones is 1. The van der Waals surface area contributed by atoms with Gasteiger partial charge in [0.15, 0.2) is 11.9 Å². The second kappa shape index (κ2) is 7.80. The quantitative estimate of drug-likeness (QED) is 0.443. The summed E-state index contributed by atoms with van der Waals surface area (Å²) in [5.74, 6) is -1.14. The van der Waals surface area contributed by atoms with E-state index in [2.05, 4.69) is 14.9 Å². The van der Waals surface area contributed by atoms with E-state index in [1.807, 2.05) is 18.2 Å². The van der Waals surface area contributed by atoms with Crippen LogP contribution in [0.1, 0.15) is 34.4 Å². The van der Waals surface area contributed by atoms with Gasteiger partial charge in [-0.1, -0.05) is 23.4 Å². The van der Waals surface area contributed by atoms with Gasteiger partial charge < -0.3 is 14.2 Å². The van der Waals surface area contributed by atoms with Crippen molar-refractivity contribution in [3.05, 3.63) is 47.0 Å². The predicted octanol–water partition coefficient (Wildman–Crippen LogP) is 2.17. The smallest absolute Gasteiger partial charge is 0.321 e. The van der Waals surface area contributed by atoms with Gasteiger partial charge in [0.25, 0.3) is 0 Å². The number of ether oxygens (including phenoxy) is 1. The number of aromatic nitrogens is 2. The fourth-order valence-electron chi connectivity index (χ4n) is 3.17. The van der Waals surface area contributed by atoms with Crippen molar-refractivity contribution in [3.8, 4) is 0 Å². The molecule has 0 saturated heterocycles. The molecule has 154 valence electrons. The number of H-pyrrole nitrogens is 1. The van der Waals surface area contributed by atoms with Crippen LogP contribution in [0.3, 0.4) is 0 Å². The number of nitrogens with zero attached hydrogens (tertiary/aromatic N) is 1. The largest absolute Gasteiger partial charge is 0.453 e. The number of para-hydroxylation sites is 1. The third-order valence-corrected chi connectivity index (χ3v) is 6.11. The molecule has 0 unspecified atom stereocenters. The first kappa shape index (κ1) is 20.7. The van der Waals surface area contributed by atoms with Crippen LogP contribution in [0, 0.1) is 20.8 Å². The normalized spacial score (nSPS) is 12.8. The summed E-state index contributed by atoms with van der Waals surface area (Å²) in [5, 5.41) is 4.32. The third-order valence-electron chi connectivity index (χ3n) is 4.46. The van der Waals surface area contributed by atoms with E-state index in [0.717, 1.165) is 10.9 Å². The molecule has 0 amide bonds. The minimum atomic E-state index is -4.01. The Morgan fingerprint density at radius 1 is 1.24 bits per heavy atom. The zero-order valence-electron chi connectivity index (χ0n) is 16.4. The van der Waals surface area contributed by atoms with Gasteiger partial charge in [-0.15, -0.1) is 0 Å². The van der Waals surface area contributed by atoms with Crippen molar-refractivity contribution in [2.24, 2.45) is 0 Å². The average Bonchev–Trinajstić information content (AvgIpc) is 3.17. The van der Waals surface area contributed by atoms with Crippen molar-refractivity contribution in [2.45, 2.75) is 38.7 Å². The van der Waals surface area contributed by atoms with Gasteiger partial charge >= 0.3 is 5.97 Å². The maximum atomic E-state index is 12.8. The first-order valence-corrected chi connectivity index (χ1v) is 10.3. The van der Waals surface area contributed by atoms with Gasteiger partial charge in [-0.05, 0) is 33.8 Å². The summed E-state index contributed by atoms with van der Waals surface area (Å²) in [4.78, 5) is 27.9. The third kappa shape index (κ3) is 4.08. The summed E-state index contributed by atoms with van der Waals surface area (Å²) in [6, 6.07) is 7.31. The van der Waals surface area contributed by atoms with E-state index in [-0.39, 0.29) is 22.1 Å². The molecule has 0 bridgehead atoms. The lowest BCUT2D eigenvalue weighted by Gasteiger charge is -2.13. The molecule has 2 heterocycles. The number of aryl methyl sites for hydroxylation is 3. The number of sulfonamides is 1. The van der Waals surface area contributed by atoms with Crippen LogP contribution >= 0.6 is 0 Å². The van der Waals surface area contributed by atoms with Gasteiger partial charge in [0.05, 0.1) is 0 Å². The highest BCUT2D eigenvalue weighted by Crippen LogP contribution is 2.24. The predicted molar refractivity (Wildman–Crippen MR) is 104 cm³/mol. The highest BCUT2D eigenvalue weighted by atomic mass is 32.2. The van der Waals surface area contributed by atoms with Gasteiger partial charge in [-0.2, -0.15) is 4.72 Å². The lowest BCUT2D eigenvalue weighted by molar-refractivity contribution is -0.144. The van der Waals surface area contributed by atoms with Crippen molar-refractivity contribution in [1.29, 1.82) is 0 Å². The Bertz CT molecular complexity index is 1170. The fraction of sp³-hybridized carbons (Fsp3) is 0.316. The lowest BCUT2D eigenvalue weighted by atomic mass is 10.0. The molecule has 0 aliphatic heterocycles. The molecule has 2 N–H and O–H groups in total. The van der Waals surface area contributed by atoms with Crippen molar-refractivity contribution in [2.75, 3.05) is 6.54 Å². The maximum absolute atomic E-state index is 12.8. The molecular weight excluding hydrogens is 398 g/mol. The zero-order chi connectivity index (χ0) is 21.3. The minimum absolute atomic E-state index is 0.113. The number of hydrogen-bond donors (Lipinski definition) is 2. The molecule has 0 spiro atoms. The zero-order valence-corrected chi connectivity index (χ0v) is 17.2. The molecule has 2 aromatic heterocycles. The molecule has 0 radical (unpaired) electrons. The van der Waals surface area contributed by atoms with Gasteiger partial charge in [-0.3, -0.25) is 9.59 Å². The summed E-state index contributed by atoms with van der Waals surface area (Å²) in [6.07, 6.45) is -1.08. The summed E-state index contributed by atoms with van der Waals surface area (Å²) >= 11 is 0. The average molecular weight is 419 g/mol. The summed E-state index contributed by atoms with van der Waals surface area (Å²) in [5.41, 5.74) is 2.09. The molecule has 0 saturated carbocycles. The molecule has 29 heavy (non-hydrogen) atoms. The van der Waals surface area contributed by atoms with Crippen LogP contribution in [0.25, 0.3) is 10.9 Å². The number of carbonyl (C=O) groups is 2. The highest BCUT2D eigenvalue weighted by molar-refractivity contribution is 7.89. The number of carbonyl (C=O) groups excluding carboxylic acids is 2. The van der Waals surface area contributed by atoms with Crippen molar-refractivity contribution < 1.29 is 27.3 Å². The maximum Gasteiger partial charge on any atom is 0.321 e. The number of nitrogens with one attached hydrogen (secondary N) is 2. The number of Topliss-reactive ketones (excluding diaryl/α,β-unsaturated/α-hetero) is 1. The second-order valence-electron chi connectivity index (χ2n) is 6.64. The van der Waals surface area contributed by atoms with Crippen LogP contribution in [-0.2, 0) is 19.6 Å². The van der Waals surface area contributed by atoms with Crippen LogP contribution in [0.4, 0.5) is 0 Å². The van der Waals surface area contributed by atoms with Gasteiger partial charge in [0.1, 0.15) is 17.1 Å². The van der Waals surface area contributed by atoms with Crippen LogP contribution in [0.15, 0.2) is 33.7 Å². The molecule has 0 aliphatic carbocycles. The van der Waals surface area contributed by atoms with Crippen molar-refractivity contribution in [1.82, 2.24) is 14.9 Å². The molecule has 0 aliphatic rings. The van der Waals surface area contributed by atoms with Gasteiger partial charge in [0, 0.05) is 22.2 Å². The molecule has 0 fully saturated rings. The van der Waals surface area contributed by atoms with E-state index in [9.17, 15) is 18.0 Å². The second-order valence-corrected chi connectivity index (χ2v) is 8.35. The molecular formula is C19H21N3O6S. The topological polar surface area (TPSA) is 131 Å². The summed E-state index contributed by atoms with van der Waals surface area (Å²) in [6.45, 7) is 5.52. The first-order valence-electron chi connectivity index (χ1n) is 8.85. The Kier molecular flexibility index (Phi) is 5.58. The number of esters is 1. The summed E-state index contributed by atoms with van der Waals surface area (Å²) in [7, 11) is -4.01. The van der Waals surface area contributed by atoms with Crippen molar-refractivity contribution in [3.63, 3.8) is 0 Å². The van der Waals surface area contributed by atoms with E-state index in [1.54, 1.807) is 13.0 Å². The van der Waals surface area contributed by atoms with E-state index in [1.165, 1.54) is 20.8 Å².